The predicted molar refractivity (Wildman–Crippen MR) is 155 cm³/mol. The van der Waals surface area contributed by atoms with Crippen LogP contribution in [0.2, 0.25) is 0 Å². The minimum Gasteiger partial charge on any atom is -0.239 e. The van der Waals surface area contributed by atoms with E-state index in [0.717, 1.165) is 17.0 Å². The summed E-state index contributed by atoms with van der Waals surface area (Å²) in [6, 6.07) is 7.51. The molecule has 0 unspecified atom stereocenters. The molecule has 1 aliphatic carbocycles. The summed E-state index contributed by atoms with van der Waals surface area (Å²) >= 11 is 0. The third-order valence-electron chi connectivity index (χ3n) is 3.63. The molecule has 1 aromatic carbocycles. The lowest BCUT2D eigenvalue weighted by Crippen LogP contribution is -2.08. The monoisotopic (exact) mass is 457 g/mol. The summed E-state index contributed by atoms with van der Waals surface area (Å²) in [5.41, 5.74) is 0.689. The fraction of sp³-hybridized carbons (Fsp3) is 0.742. The van der Waals surface area contributed by atoms with Crippen molar-refractivity contribution in [2.24, 2.45) is 5.92 Å². The Morgan fingerprint density at radius 1 is 0.750 bits per heavy atom. The van der Waals surface area contributed by atoms with E-state index in [1.54, 1.807) is 13.8 Å². The number of aryl methyl sites for hydroxylation is 1. The molecule has 0 heterocycles. The van der Waals surface area contributed by atoms with Gasteiger partial charge in [0.1, 0.15) is 5.67 Å². The summed E-state index contributed by atoms with van der Waals surface area (Å²) in [5.74, 6) is 1.04. The lowest BCUT2D eigenvalue weighted by Gasteiger charge is -2.15. The molecule has 1 heteroatoms. The van der Waals surface area contributed by atoms with Gasteiger partial charge in [0.05, 0.1) is 0 Å². The molecule has 0 aliphatic heterocycles. The summed E-state index contributed by atoms with van der Waals surface area (Å²) in [7, 11) is 0. The maximum Gasteiger partial charge on any atom is 0.130 e. The van der Waals surface area contributed by atoms with Gasteiger partial charge in [0, 0.05) is 0 Å². The molecule has 0 spiro atoms. The van der Waals surface area contributed by atoms with Gasteiger partial charge in [-0.2, -0.15) is 0 Å². The molecule has 0 amide bonds. The van der Waals surface area contributed by atoms with Crippen molar-refractivity contribution in [1.29, 1.82) is 0 Å². The standard InChI is InChI=1S/C10H13F.C7H14.2C3H8.3C2H6.C2H4/c1-8-4-6-9(7-5-8)10(2,3)11;1-7-5-3-2-4-6-7;2*1-3-2;4*1-2/h4-7H,1-3H3;7H,2-6H2,1H3;2*3H2,1-2H3;3*1-2H3;1-2H2. The second-order valence-corrected chi connectivity index (χ2v) is 7.50. The van der Waals surface area contributed by atoms with E-state index < -0.39 is 5.67 Å². The van der Waals surface area contributed by atoms with Crippen molar-refractivity contribution in [3.8, 4) is 0 Å². The van der Waals surface area contributed by atoms with Crippen molar-refractivity contribution < 1.29 is 4.39 Å². The molecule has 1 aromatic rings. The number of benzene rings is 1. The Kier molecular flexibility index (Phi) is 56.1. The Labute approximate surface area is 206 Å². The highest BCUT2D eigenvalue weighted by Crippen LogP contribution is 2.24. The summed E-state index contributed by atoms with van der Waals surface area (Å²) < 4.78 is 13.3. The second kappa shape index (κ2) is 40.3. The van der Waals surface area contributed by atoms with Crippen LogP contribution in [0.5, 0.6) is 0 Å². The molecule has 1 saturated carbocycles. The van der Waals surface area contributed by atoms with E-state index in [-0.39, 0.29) is 0 Å². The van der Waals surface area contributed by atoms with Gasteiger partial charge in [0.25, 0.3) is 0 Å². The molecule has 2 rings (SSSR count). The predicted octanol–water partition coefficient (Wildman–Crippen LogP) is 12.5. The normalized spacial score (nSPS) is 11.3. The maximum absolute atomic E-state index is 13.3. The summed E-state index contributed by atoms with van der Waals surface area (Å²) in [6.07, 6.45) is 9.94. The summed E-state index contributed by atoms with van der Waals surface area (Å²) in [6.45, 7) is 34.0. The summed E-state index contributed by atoms with van der Waals surface area (Å²) in [5, 5.41) is 0. The number of rotatable bonds is 1. The lowest BCUT2D eigenvalue weighted by molar-refractivity contribution is 0.221. The SMILES string of the molecule is C=C.CC.CC.CC.CC1CCCCC1.CCC.CCC.Cc1ccc(C(C)(C)F)cc1. The highest BCUT2D eigenvalue weighted by atomic mass is 19.1. The zero-order chi connectivity index (χ0) is 27.0. The van der Waals surface area contributed by atoms with Gasteiger partial charge in [0.15, 0.2) is 0 Å². The van der Waals surface area contributed by atoms with Crippen molar-refractivity contribution in [1.82, 2.24) is 0 Å². The van der Waals surface area contributed by atoms with Gasteiger partial charge < -0.3 is 0 Å². The van der Waals surface area contributed by atoms with Gasteiger partial charge in [-0.1, -0.05) is 151 Å². The van der Waals surface area contributed by atoms with Gasteiger partial charge >= 0.3 is 0 Å². The quantitative estimate of drug-likeness (QED) is 0.368. The minimum absolute atomic E-state index is 0.739. The first-order valence-electron chi connectivity index (χ1n) is 13.5. The first-order valence-corrected chi connectivity index (χ1v) is 13.5. The van der Waals surface area contributed by atoms with Crippen LogP contribution in [-0.2, 0) is 5.67 Å². The Hall–Kier alpha value is -1.11. The average molecular weight is 457 g/mol. The maximum atomic E-state index is 13.3. The molecular formula is C31H65F. The third-order valence-corrected chi connectivity index (χ3v) is 3.63. The van der Waals surface area contributed by atoms with Gasteiger partial charge in [-0.05, 0) is 32.3 Å². The lowest BCUT2D eigenvalue weighted by atomic mass is 9.91. The molecular weight excluding hydrogens is 391 g/mol. The number of halogens is 1. The van der Waals surface area contributed by atoms with Crippen LogP contribution in [0.25, 0.3) is 0 Å². The molecule has 0 saturated heterocycles. The second-order valence-electron chi connectivity index (χ2n) is 7.50. The van der Waals surface area contributed by atoms with E-state index >= 15 is 0 Å². The number of hydrogen-bond acceptors (Lipinski definition) is 0. The molecule has 1 aliphatic rings. The molecule has 0 aromatic heterocycles. The molecule has 196 valence electrons. The molecule has 32 heavy (non-hydrogen) atoms. The molecule has 0 atom stereocenters. The van der Waals surface area contributed by atoms with Crippen LogP contribution >= 0.6 is 0 Å². The Bertz CT molecular complexity index is 364. The van der Waals surface area contributed by atoms with Crippen LogP contribution in [0.3, 0.4) is 0 Å². The number of hydrogen-bond donors (Lipinski definition) is 0. The zero-order valence-electron chi connectivity index (χ0n) is 25.1. The van der Waals surface area contributed by atoms with Crippen LogP contribution in [0, 0.1) is 12.8 Å². The largest absolute Gasteiger partial charge is 0.239 e. The van der Waals surface area contributed by atoms with E-state index in [4.69, 9.17) is 0 Å². The fourth-order valence-corrected chi connectivity index (χ4v) is 2.26. The minimum atomic E-state index is -1.21. The van der Waals surface area contributed by atoms with Crippen LogP contribution in [0.15, 0.2) is 37.4 Å². The van der Waals surface area contributed by atoms with Crippen LogP contribution in [-0.4, -0.2) is 0 Å². The Morgan fingerprint density at radius 2 is 1.03 bits per heavy atom. The van der Waals surface area contributed by atoms with E-state index in [1.165, 1.54) is 44.9 Å². The van der Waals surface area contributed by atoms with Crippen LogP contribution in [0.1, 0.15) is 146 Å². The average Bonchev–Trinajstić information content (AvgIpc) is 2.81. The van der Waals surface area contributed by atoms with E-state index in [1.807, 2.05) is 72.7 Å². The van der Waals surface area contributed by atoms with E-state index in [0.29, 0.717) is 0 Å². The molecule has 0 nitrogen and oxygen atoms in total. The highest BCUT2D eigenvalue weighted by Gasteiger charge is 2.17. The summed E-state index contributed by atoms with van der Waals surface area (Å²) in [4.78, 5) is 0. The van der Waals surface area contributed by atoms with Crippen LogP contribution in [0.4, 0.5) is 4.39 Å². The zero-order valence-corrected chi connectivity index (χ0v) is 25.1. The Balaban J connectivity index is -0.0000000699. The van der Waals surface area contributed by atoms with Crippen molar-refractivity contribution in [2.75, 3.05) is 0 Å². The molecule has 0 N–H and O–H groups in total. The van der Waals surface area contributed by atoms with Gasteiger partial charge in [-0.3, -0.25) is 0 Å². The molecule has 0 radical (unpaired) electrons. The first-order chi connectivity index (χ1) is 15.2. The number of alkyl halides is 1. The van der Waals surface area contributed by atoms with Crippen LogP contribution < -0.4 is 0 Å². The van der Waals surface area contributed by atoms with Gasteiger partial charge in [-0.25, -0.2) is 4.39 Å². The van der Waals surface area contributed by atoms with E-state index in [2.05, 4.69) is 47.8 Å². The van der Waals surface area contributed by atoms with Gasteiger partial charge in [-0.15, -0.1) is 13.2 Å². The smallest absolute Gasteiger partial charge is 0.130 e. The molecule has 0 bridgehead atoms. The van der Waals surface area contributed by atoms with Gasteiger partial charge in [0.2, 0.25) is 0 Å². The first kappa shape index (κ1) is 44.5. The topological polar surface area (TPSA) is 0 Å². The van der Waals surface area contributed by atoms with Crippen molar-refractivity contribution >= 4 is 0 Å². The molecule has 1 fully saturated rings. The third kappa shape index (κ3) is 42.9. The van der Waals surface area contributed by atoms with E-state index in [9.17, 15) is 4.39 Å². The van der Waals surface area contributed by atoms with Crippen molar-refractivity contribution in [3.05, 3.63) is 48.6 Å². The highest BCUT2D eigenvalue weighted by molar-refractivity contribution is 5.25. The fourth-order valence-electron chi connectivity index (χ4n) is 2.26. The Morgan fingerprint density at radius 3 is 1.22 bits per heavy atom. The van der Waals surface area contributed by atoms with Crippen molar-refractivity contribution in [2.45, 2.75) is 148 Å². The van der Waals surface area contributed by atoms with Crippen molar-refractivity contribution in [3.63, 3.8) is 0 Å².